The first-order valence-corrected chi connectivity index (χ1v) is 7.72. The maximum Gasteiger partial charge on any atom is 0.303 e. The maximum atomic E-state index is 12.3. The Bertz CT molecular complexity index is 621. The molecule has 2 amide bonds. The maximum absolute atomic E-state index is 12.3. The lowest BCUT2D eigenvalue weighted by Crippen LogP contribution is -2.43. The average Bonchev–Trinajstić information content (AvgIpc) is 3.30. The van der Waals surface area contributed by atoms with Crippen LogP contribution in [0.5, 0.6) is 0 Å². The van der Waals surface area contributed by atoms with Crippen molar-refractivity contribution in [2.75, 3.05) is 5.32 Å². The van der Waals surface area contributed by atoms with Crippen molar-refractivity contribution >= 4 is 23.5 Å². The van der Waals surface area contributed by atoms with Crippen molar-refractivity contribution in [3.05, 3.63) is 29.8 Å². The molecule has 1 aliphatic rings. The number of carbonyl (C=O) groups is 3. The van der Waals surface area contributed by atoms with Gasteiger partial charge in [0, 0.05) is 29.1 Å². The summed E-state index contributed by atoms with van der Waals surface area (Å²) in [6.07, 6.45) is 2.17. The summed E-state index contributed by atoms with van der Waals surface area (Å²) in [6, 6.07) is 6.74. The standard InChI is InChI=1S/C17H22N2O4/c1-17(2,9-8-14(20)21)19-16(23)12-4-3-5-13(10-12)18-15(22)11-6-7-11/h3-5,10-11H,6-9H2,1-2H3,(H,18,22)(H,19,23)(H,20,21). The third-order valence-corrected chi connectivity index (χ3v) is 3.76. The summed E-state index contributed by atoms with van der Waals surface area (Å²) in [5.41, 5.74) is 0.405. The minimum absolute atomic E-state index is 0.00916. The van der Waals surface area contributed by atoms with E-state index in [1.807, 2.05) is 0 Å². The summed E-state index contributed by atoms with van der Waals surface area (Å²) in [6.45, 7) is 3.57. The van der Waals surface area contributed by atoms with E-state index in [4.69, 9.17) is 5.11 Å². The average molecular weight is 318 g/mol. The largest absolute Gasteiger partial charge is 0.481 e. The number of nitrogens with one attached hydrogen (secondary N) is 2. The van der Waals surface area contributed by atoms with Gasteiger partial charge in [-0.15, -0.1) is 0 Å². The Labute approximate surface area is 135 Å². The van der Waals surface area contributed by atoms with Crippen LogP contribution < -0.4 is 10.6 Å². The molecular formula is C17H22N2O4. The zero-order chi connectivity index (χ0) is 17.0. The Kier molecular flexibility index (Phi) is 5.03. The topological polar surface area (TPSA) is 95.5 Å². The molecule has 0 radical (unpaired) electrons. The second-order valence-electron chi connectivity index (χ2n) is 6.58. The lowest BCUT2D eigenvalue weighted by Gasteiger charge is -2.25. The van der Waals surface area contributed by atoms with Crippen LogP contribution in [0.1, 0.15) is 49.9 Å². The molecule has 2 rings (SSSR count). The number of carboxylic acid groups (broad SMARTS) is 1. The van der Waals surface area contributed by atoms with Gasteiger partial charge in [-0.05, 0) is 51.3 Å². The molecule has 0 bridgehead atoms. The highest BCUT2D eigenvalue weighted by Gasteiger charge is 2.29. The number of benzene rings is 1. The minimum Gasteiger partial charge on any atom is -0.481 e. The van der Waals surface area contributed by atoms with E-state index in [1.165, 1.54) is 0 Å². The molecule has 0 spiro atoms. The van der Waals surface area contributed by atoms with Crippen molar-refractivity contribution in [1.29, 1.82) is 0 Å². The lowest BCUT2D eigenvalue weighted by molar-refractivity contribution is -0.137. The molecule has 1 aromatic carbocycles. The van der Waals surface area contributed by atoms with E-state index in [9.17, 15) is 14.4 Å². The first-order chi connectivity index (χ1) is 10.8. The molecule has 1 aliphatic carbocycles. The van der Waals surface area contributed by atoms with Gasteiger partial charge in [-0.25, -0.2) is 0 Å². The molecule has 0 aliphatic heterocycles. The molecule has 124 valence electrons. The van der Waals surface area contributed by atoms with E-state index in [2.05, 4.69) is 10.6 Å². The summed E-state index contributed by atoms with van der Waals surface area (Å²) in [5.74, 6) is -1.09. The van der Waals surface area contributed by atoms with Crippen LogP contribution in [0.25, 0.3) is 0 Å². The normalized spacial score (nSPS) is 14.2. The van der Waals surface area contributed by atoms with E-state index in [1.54, 1.807) is 38.1 Å². The summed E-state index contributed by atoms with van der Waals surface area (Å²) in [5, 5.41) is 14.4. The summed E-state index contributed by atoms with van der Waals surface area (Å²) in [4.78, 5) is 34.7. The van der Waals surface area contributed by atoms with Crippen LogP contribution in [0.3, 0.4) is 0 Å². The molecule has 1 fully saturated rings. The van der Waals surface area contributed by atoms with Crippen LogP contribution in [-0.4, -0.2) is 28.4 Å². The quantitative estimate of drug-likeness (QED) is 0.719. The van der Waals surface area contributed by atoms with Gasteiger partial charge >= 0.3 is 5.97 Å². The molecule has 6 nitrogen and oxygen atoms in total. The van der Waals surface area contributed by atoms with Crippen molar-refractivity contribution in [2.24, 2.45) is 5.92 Å². The van der Waals surface area contributed by atoms with Crippen molar-refractivity contribution in [3.63, 3.8) is 0 Å². The van der Waals surface area contributed by atoms with E-state index in [-0.39, 0.29) is 24.2 Å². The minimum atomic E-state index is -0.892. The van der Waals surface area contributed by atoms with Gasteiger partial charge in [0.05, 0.1) is 0 Å². The number of rotatable bonds is 7. The van der Waals surface area contributed by atoms with Crippen LogP contribution in [0.4, 0.5) is 5.69 Å². The SMILES string of the molecule is CC(C)(CCC(=O)O)NC(=O)c1cccc(NC(=O)C2CC2)c1. The fourth-order valence-electron chi connectivity index (χ4n) is 2.19. The first kappa shape index (κ1) is 17.0. The Morgan fingerprint density at radius 3 is 2.57 bits per heavy atom. The number of anilines is 1. The molecule has 0 unspecified atom stereocenters. The molecular weight excluding hydrogens is 296 g/mol. The van der Waals surface area contributed by atoms with Crippen molar-refractivity contribution in [2.45, 2.75) is 45.1 Å². The van der Waals surface area contributed by atoms with Crippen LogP contribution in [-0.2, 0) is 9.59 Å². The van der Waals surface area contributed by atoms with E-state index >= 15 is 0 Å². The van der Waals surface area contributed by atoms with Gasteiger partial charge in [-0.1, -0.05) is 6.07 Å². The van der Waals surface area contributed by atoms with Crippen LogP contribution >= 0.6 is 0 Å². The van der Waals surface area contributed by atoms with Gasteiger partial charge in [0.2, 0.25) is 5.91 Å². The number of hydrogen-bond donors (Lipinski definition) is 3. The highest BCUT2D eigenvalue weighted by Crippen LogP contribution is 2.30. The molecule has 6 heteroatoms. The van der Waals surface area contributed by atoms with Crippen molar-refractivity contribution < 1.29 is 19.5 Å². The van der Waals surface area contributed by atoms with E-state index in [0.29, 0.717) is 17.7 Å². The third-order valence-electron chi connectivity index (χ3n) is 3.76. The predicted molar refractivity (Wildman–Crippen MR) is 86.2 cm³/mol. The Morgan fingerprint density at radius 2 is 1.96 bits per heavy atom. The van der Waals surface area contributed by atoms with Gasteiger partial charge in [-0.2, -0.15) is 0 Å². The van der Waals surface area contributed by atoms with E-state index in [0.717, 1.165) is 12.8 Å². The summed E-state index contributed by atoms with van der Waals surface area (Å²) < 4.78 is 0. The summed E-state index contributed by atoms with van der Waals surface area (Å²) >= 11 is 0. The molecule has 0 atom stereocenters. The van der Waals surface area contributed by atoms with Gasteiger partial charge in [0.25, 0.3) is 5.91 Å². The zero-order valence-electron chi connectivity index (χ0n) is 13.4. The molecule has 23 heavy (non-hydrogen) atoms. The number of amides is 2. The molecule has 0 aromatic heterocycles. The van der Waals surface area contributed by atoms with Gasteiger partial charge in [-0.3, -0.25) is 14.4 Å². The van der Waals surface area contributed by atoms with E-state index < -0.39 is 11.5 Å². The second kappa shape index (κ2) is 6.81. The predicted octanol–water partition coefficient (Wildman–Crippen LogP) is 2.41. The van der Waals surface area contributed by atoms with Crippen LogP contribution in [0.2, 0.25) is 0 Å². The highest BCUT2D eigenvalue weighted by atomic mass is 16.4. The fraction of sp³-hybridized carbons (Fsp3) is 0.471. The zero-order valence-corrected chi connectivity index (χ0v) is 13.4. The highest BCUT2D eigenvalue weighted by molar-refractivity contribution is 5.98. The number of aliphatic carboxylic acids is 1. The first-order valence-electron chi connectivity index (χ1n) is 7.72. The van der Waals surface area contributed by atoms with Gasteiger partial charge in [0.15, 0.2) is 0 Å². The number of hydrogen-bond acceptors (Lipinski definition) is 3. The molecule has 1 aromatic rings. The van der Waals surface area contributed by atoms with Gasteiger partial charge in [0.1, 0.15) is 0 Å². The molecule has 1 saturated carbocycles. The Hall–Kier alpha value is -2.37. The number of carbonyl (C=O) groups excluding carboxylic acids is 2. The molecule has 0 heterocycles. The number of carboxylic acids is 1. The smallest absolute Gasteiger partial charge is 0.303 e. The lowest BCUT2D eigenvalue weighted by atomic mass is 9.97. The fourth-order valence-corrected chi connectivity index (χ4v) is 2.19. The Morgan fingerprint density at radius 1 is 1.26 bits per heavy atom. The molecule has 0 saturated heterocycles. The Balaban J connectivity index is 1.98. The van der Waals surface area contributed by atoms with Crippen molar-refractivity contribution in [1.82, 2.24) is 5.32 Å². The molecule has 3 N–H and O–H groups in total. The van der Waals surface area contributed by atoms with Gasteiger partial charge < -0.3 is 15.7 Å². The van der Waals surface area contributed by atoms with Crippen LogP contribution in [0.15, 0.2) is 24.3 Å². The van der Waals surface area contributed by atoms with Crippen LogP contribution in [0, 0.1) is 5.92 Å². The summed E-state index contributed by atoms with van der Waals surface area (Å²) in [7, 11) is 0. The monoisotopic (exact) mass is 318 g/mol. The van der Waals surface area contributed by atoms with Crippen molar-refractivity contribution in [3.8, 4) is 0 Å². The second-order valence-corrected chi connectivity index (χ2v) is 6.58. The third kappa shape index (κ3) is 5.39.